The van der Waals surface area contributed by atoms with Gasteiger partial charge in [0.25, 0.3) is 0 Å². The lowest BCUT2D eigenvalue weighted by Gasteiger charge is -2.27. The van der Waals surface area contributed by atoms with Gasteiger partial charge in [-0.25, -0.2) is 4.98 Å². The molecule has 110 valence electrons. The minimum absolute atomic E-state index is 0. The summed E-state index contributed by atoms with van der Waals surface area (Å²) in [5.41, 5.74) is 6.36. The van der Waals surface area contributed by atoms with Gasteiger partial charge in [-0.2, -0.15) is 0 Å². The Morgan fingerprint density at radius 3 is 2.32 bits per heavy atom. The molecule has 0 radical (unpaired) electrons. The monoisotopic (exact) mass is 305 g/mol. The number of amides is 1. The standard InChI is InChI=1S/C13H23N3OS.ClH/c1-5-10-9(4)18-12(15-10)16-11(17)13(6-2,7-3)8-14;/h5-8,14H2,1-4H3,(H,15,16,17);1H. The van der Waals surface area contributed by atoms with Crippen LogP contribution in [0.3, 0.4) is 0 Å². The highest BCUT2D eigenvalue weighted by molar-refractivity contribution is 7.15. The van der Waals surface area contributed by atoms with E-state index < -0.39 is 5.41 Å². The topological polar surface area (TPSA) is 68.0 Å². The molecule has 19 heavy (non-hydrogen) atoms. The second-order valence-electron chi connectivity index (χ2n) is 4.52. The van der Waals surface area contributed by atoms with E-state index >= 15 is 0 Å². The van der Waals surface area contributed by atoms with Crippen molar-refractivity contribution in [3.05, 3.63) is 10.6 Å². The number of nitrogens with two attached hydrogens (primary N) is 1. The largest absolute Gasteiger partial charge is 0.329 e. The van der Waals surface area contributed by atoms with Crippen molar-refractivity contribution >= 4 is 34.8 Å². The van der Waals surface area contributed by atoms with Crippen LogP contribution in [0, 0.1) is 12.3 Å². The van der Waals surface area contributed by atoms with Crippen LogP contribution in [-0.2, 0) is 11.2 Å². The van der Waals surface area contributed by atoms with Crippen molar-refractivity contribution < 1.29 is 4.79 Å². The highest BCUT2D eigenvalue weighted by atomic mass is 35.5. The highest BCUT2D eigenvalue weighted by Crippen LogP contribution is 2.29. The summed E-state index contributed by atoms with van der Waals surface area (Å²) in [5, 5.41) is 3.61. The summed E-state index contributed by atoms with van der Waals surface area (Å²) in [5.74, 6) is -0.00796. The number of thiazole rings is 1. The Morgan fingerprint density at radius 2 is 1.95 bits per heavy atom. The average molecular weight is 306 g/mol. The number of aryl methyl sites for hydroxylation is 2. The maximum atomic E-state index is 12.3. The quantitative estimate of drug-likeness (QED) is 0.848. The van der Waals surface area contributed by atoms with Crippen LogP contribution in [0.2, 0.25) is 0 Å². The van der Waals surface area contributed by atoms with Gasteiger partial charge in [0.15, 0.2) is 5.13 Å². The number of rotatable bonds is 6. The summed E-state index contributed by atoms with van der Waals surface area (Å²) in [7, 11) is 0. The first-order chi connectivity index (χ1) is 8.52. The Kier molecular flexibility index (Phi) is 7.55. The molecule has 0 aliphatic carbocycles. The zero-order chi connectivity index (χ0) is 13.8. The molecule has 0 bridgehead atoms. The molecule has 1 heterocycles. The van der Waals surface area contributed by atoms with Gasteiger partial charge in [0.2, 0.25) is 5.91 Å². The van der Waals surface area contributed by atoms with Crippen LogP contribution in [-0.4, -0.2) is 17.4 Å². The van der Waals surface area contributed by atoms with Crippen LogP contribution < -0.4 is 11.1 Å². The molecule has 1 aromatic rings. The lowest BCUT2D eigenvalue weighted by Crippen LogP contribution is -2.41. The van der Waals surface area contributed by atoms with E-state index in [9.17, 15) is 4.79 Å². The smallest absolute Gasteiger partial charge is 0.233 e. The number of anilines is 1. The molecule has 0 aromatic carbocycles. The van der Waals surface area contributed by atoms with Gasteiger partial charge in [0, 0.05) is 11.4 Å². The van der Waals surface area contributed by atoms with Gasteiger partial charge in [-0.15, -0.1) is 23.7 Å². The van der Waals surface area contributed by atoms with Crippen molar-refractivity contribution in [1.82, 2.24) is 4.98 Å². The minimum atomic E-state index is -0.466. The van der Waals surface area contributed by atoms with E-state index in [1.165, 1.54) is 16.2 Å². The summed E-state index contributed by atoms with van der Waals surface area (Å²) in [6.45, 7) is 8.47. The van der Waals surface area contributed by atoms with Crippen molar-refractivity contribution in [3.63, 3.8) is 0 Å². The number of aromatic nitrogens is 1. The molecule has 0 aliphatic heterocycles. The van der Waals surface area contributed by atoms with E-state index in [4.69, 9.17) is 5.73 Å². The second kappa shape index (κ2) is 7.82. The van der Waals surface area contributed by atoms with Crippen molar-refractivity contribution in [2.24, 2.45) is 11.1 Å². The van der Waals surface area contributed by atoms with Crippen LogP contribution in [0.25, 0.3) is 0 Å². The maximum absolute atomic E-state index is 12.3. The molecule has 0 spiro atoms. The van der Waals surface area contributed by atoms with Crippen molar-refractivity contribution in [2.75, 3.05) is 11.9 Å². The predicted octanol–water partition coefficient (Wildman–Crippen LogP) is 3.14. The van der Waals surface area contributed by atoms with E-state index in [0.717, 1.165) is 25.0 Å². The number of halogens is 1. The number of hydrogen-bond donors (Lipinski definition) is 2. The molecule has 1 amide bonds. The van der Waals surface area contributed by atoms with Gasteiger partial charge >= 0.3 is 0 Å². The molecule has 4 nitrogen and oxygen atoms in total. The fourth-order valence-corrected chi connectivity index (χ4v) is 2.89. The molecule has 0 aliphatic rings. The van der Waals surface area contributed by atoms with E-state index in [2.05, 4.69) is 17.2 Å². The number of carbonyl (C=O) groups is 1. The van der Waals surface area contributed by atoms with Gasteiger partial charge in [0.05, 0.1) is 11.1 Å². The Hall–Kier alpha value is -0.650. The van der Waals surface area contributed by atoms with Gasteiger partial charge < -0.3 is 11.1 Å². The maximum Gasteiger partial charge on any atom is 0.233 e. The third-order valence-corrected chi connectivity index (χ3v) is 4.60. The molecule has 1 aromatic heterocycles. The van der Waals surface area contributed by atoms with Crippen LogP contribution in [0.4, 0.5) is 5.13 Å². The lowest BCUT2D eigenvalue weighted by atomic mass is 9.81. The van der Waals surface area contributed by atoms with Crippen LogP contribution in [0.5, 0.6) is 0 Å². The molecular formula is C13H24ClN3OS. The van der Waals surface area contributed by atoms with E-state index in [1.807, 2.05) is 20.8 Å². The van der Waals surface area contributed by atoms with Crippen molar-refractivity contribution in [2.45, 2.75) is 47.0 Å². The molecule has 0 unspecified atom stereocenters. The zero-order valence-electron chi connectivity index (χ0n) is 12.1. The SMILES string of the molecule is CCc1nc(NC(=O)C(CC)(CC)CN)sc1C.Cl. The summed E-state index contributed by atoms with van der Waals surface area (Å²) in [6, 6.07) is 0. The van der Waals surface area contributed by atoms with Gasteiger partial charge in [0.1, 0.15) is 0 Å². The first-order valence-electron chi connectivity index (χ1n) is 6.50. The Balaban J connectivity index is 0.00000324. The first kappa shape index (κ1) is 18.4. The lowest BCUT2D eigenvalue weighted by molar-refractivity contribution is -0.125. The molecule has 6 heteroatoms. The summed E-state index contributed by atoms with van der Waals surface area (Å²) in [6.07, 6.45) is 2.38. The summed E-state index contributed by atoms with van der Waals surface area (Å²) in [4.78, 5) is 17.9. The van der Waals surface area contributed by atoms with Gasteiger partial charge in [-0.1, -0.05) is 20.8 Å². The Bertz CT molecular complexity index is 408. The van der Waals surface area contributed by atoms with Gasteiger partial charge in [-0.05, 0) is 26.2 Å². The summed E-state index contributed by atoms with van der Waals surface area (Å²) < 4.78 is 0. The number of nitrogens with one attached hydrogen (secondary N) is 1. The molecule has 0 saturated carbocycles. The van der Waals surface area contributed by atoms with E-state index in [1.54, 1.807) is 0 Å². The molecule has 0 fully saturated rings. The first-order valence-corrected chi connectivity index (χ1v) is 7.32. The zero-order valence-corrected chi connectivity index (χ0v) is 13.7. The van der Waals surface area contributed by atoms with Crippen molar-refractivity contribution in [3.8, 4) is 0 Å². The molecular weight excluding hydrogens is 282 g/mol. The third kappa shape index (κ3) is 3.91. The fourth-order valence-electron chi connectivity index (χ4n) is 1.99. The fraction of sp³-hybridized carbons (Fsp3) is 0.692. The molecule has 0 atom stereocenters. The molecule has 1 rings (SSSR count). The predicted molar refractivity (Wildman–Crippen MR) is 84.2 cm³/mol. The van der Waals surface area contributed by atoms with Crippen LogP contribution >= 0.6 is 23.7 Å². The molecule has 0 saturated heterocycles. The Morgan fingerprint density at radius 1 is 1.37 bits per heavy atom. The Labute approximate surface area is 125 Å². The van der Waals surface area contributed by atoms with Crippen LogP contribution in [0.15, 0.2) is 0 Å². The molecule has 3 N–H and O–H groups in total. The second-order valence-corrected chi connectivity index (χ2v) is 5.72. The minimum Gasteiger partial charge on any atom is -0.329 e. The summed E-state index contributed by atoms with van der Waals surface area (Å²) >= 11 is 1.53. The number of carbonyl (C=O) groups excluding carboxylic acids is 1. The normalized spacial score (nSPS) is 11.0. The number of nitrogens with zero attached hydrogens (tertiary/aromatic N) is 1. The van der Waals surface area contributed by atoms with Crippen LogP contribution in [0.1, 0.15) is 44.2 Å². The number of hydrogen-bond acceptors (Lipinski definition) is 4. The third-order valence-electron chi connectivity index (χ3n) is 3.67. The average Bonchev–Trinajstić information content (AvgIpc) is 2.72. The van der Waals surface area contributed by atoms with Crippen molar-refractivity contribution in [1.29, 1.82) is 0 Å². The van der Waals surface area contributed by atoms with E-state index in [0.29, 0.717) is 11.7 Å². The highest BCUT2D eigenvalue weighted by Gasteiger charge is 2.33. The van der Waals surface area contributed by atoms with E-state index in [-0.39, 0.29) is 18.3 Å². The van der Waals surface area contributed by atoms with Gasteiger partial charge in [-0.3, -0.25) is 4.79 Å².